The third-order valence-electron chi connectivity index (χ3n) is 1.95. The SMILES string of the molecule is CC(C)(CO)CNC(=O)c1ccc(Cl)o1. The third-order valence-corrected chi connectivity index (χ3v) is 2.16. The van der Waals surface area contributed by atoms with Crippen molar-refractivity contribution in [3.05, 3.63) is 23.1 Å². The molecular weight excluding hydrogens is 218 g/mol. The predicted molar refractivity (Wildman–Crippen MR) is 56.9 cm³/mol. The molecule has 1 aromatic rings. The van der Waals surface area contributed by atoms with Gasteiger partial charge in [0, 0.05) is 18.6 Å². The first-order chi connectivity index (χ1) is 6.94. The summed E-state index contributed by atoms with van der Waals surface area (Å²) in [7, 11) is 0. The predicted octanol–water partition coefficient (Wildman–Crippen LogP) is 1.68. The minimum absolute atomic E-state index is 0.00614. The van der Waals surface area contributed by atoms with Gasteiger partial charge < -0.3 is 14.8 Å². The highest BCUT2D eigenvalue weighted by molar-refractivity contribution is 6.29. The van der Waals surface area contributed by atoms with Crippen LogP contribution in [0.5, 0.6) is 0 Å². The molecule has 0 aromatic carbocycles. The molecule has 2 N–H and O–H groups in total. The van der Waals surface area contributed by atoms with E-state index in [0.29, 0.717) is 6.54 Å². The van der Waals surface area contributed by atoms with Crippen LogP contribution in [0.4, 0.5) is 0 Å². The molecule has 0 unspecified atom stereocenters. The van der Waals surface area contributed by atoms with Crippen LogP contribution in [0.15, 0.2) is 16.5 Å². The number of rotatable bonds is 4. The van der Waals surface area contributed by atoms with Gasteiger partial charge in [-0.25, -0.2) is 0 Å². The molecule has 5 heteroatoms. The van der Waals surface area contributed by atoms with Crippen molar-refractivity contribution >= 4 is 17.5 Å². The second-order valence-corrected chi connectivity index (χ2v) is 4.48. The summed E-state index contributed by atoms with van der Waals surface area (Å²) in [5.74, 6) is -0.155. The molecule has 0 aliphatic carbocycles. The van der Waals surface area contributed by atoms with Crippen LogP contribution in [0.1, 0.15) is 24.4 Å². The van der Waals surface area contributed by atoms with Crippen LogP contribution < -0.4 is 5.32 Å². The highest BCUT2D eigenvalue weighted by Crippen LogP contribution is 2.14. The van der Waals surface area contributed by atoms with Crippen LogP contribution in [0.2, 0.25) is 5.22 Å². The number of hydrogen-bond donors (Lipinski definition) is 2. The smallest absolute Gasteiger partial charge is 0.287 e. The number of aliphatic hydroxyl groups excluding tert-OH is 1. The van der Waals surface area contributed by atoms with Crippen molar-refractivity contribution in [1.29, 1.82) is 0 Å². The van der Waals surface area contributed by atoms with E-state index < -0.39 is 0 Å². The molecule has 0 saturated carbocycles. The third kappa shape index (κ3) is 3.57. The lowest BCUT2D eigenvalue weighted by Gasteiger charge is -2.21. The van der Waals surface area contributed by atoms with Crippen molar-refractivity contribution < 1.29 is 14.3 Å². The number of hydrogen-bond acceptors (Lipinski definition) is 3. The van der Waals surface area contributed by atoms with E-state index in [1.54, 1.807) is 0 Å². The second kappa shape index (κ2) is 4.68. The number of carbonyl (C=O) groups is 1. The van der Waals surface area contributed by atoms with E-state index >= 15 is 0 Å². The first-order valence-corrected chi connectivity index (χ1v) is 4.97. The summed E-state index contributed by atoms with van der Waals surface area (Å²) in [6, 6.07) is 3.01. The zero-order valence-corrected chi connectivity index (χ0v) is 9.47. The van der Waals surface area contributed by atoms with Crippen molar-refractivity contribution in [2.45, 2.75) is 13.8 Å². The summed E-state index contributed by atoms with van der Waals surface area (Å²) in [6.07, 6.45) is 0. The monoisotopic (exact) mass is 231 g/mol. The summed E-state index contributed by atoms with van der Waals surface area (Å²) in [5, 5.41) is 11.8. The quantitative estimate of drug-likeness (QED) is 0.829. The van der Waals surface area contributed by atoms with Crippen LogP contribution in [0.3, 0.4) is 0 Å². The molecule has 1 heterocycles. The van der Waals surface area contributed by atoms with Gasteiger partial charge in [0.2, 0.25) is 0 Å². The zero-order valence-electron chi connectivity index (χ0n) is 8.71. The lowest BCUT2D eigenvalue weighted by atomic mass is 9.95. The highest BCUT2D eigenvalue weighted by atomic mass is 35.5. The molecule has 0 aliphatic heterocycles. The highest BCUT2D eigenvalue weighted by Gasteiger charge is 2.19. The second-order valence-electron chi connectivity index (χ2n) is 4.11. The summed E-state index contributed by atoms with van der Waals surface area (Å²) >= 11 is 5.54. The Kier molecular flexibility index (Phi) is 3.77. The molecule has 0 fully saturated rings. The van der Waals surface area contributed by atoms with Crippen molar-refractivity contribution in [3.63, 3.8) is 0 Å². The Labute approximate surface area is 93.2 Å². The van der Waals surface area contributed by atoms with E-state index in [2.05, 4.69) is 5.32 Å². The van der Waals surface area contributed by atoms with Crippen molar-refractivity contribution in [2.75, 3.05) is 13.2 Å². The summed E-state index contributed by atoms with van der Waals surface area (Å²) in [5.41, 5.74) is -0.341. The summed E-state index contributed by atoms with van der Waals surface area (Å²) in [4.78, 5) is 11.5. The molecule has 1 rings (SSSR count). The lowest BCUT2D eigenvalue weighted by Crippen LogP contribution is -2.35. The van der Waals surface area contributed by atoms with Gasteiger partial charge in [0.25, 0.3) is 5.91 Å². The molecule has 0 bridgehead atoms. The Morgan fingerprint density at radius 1 is 1.60 bits per heavy atom. The van der Waals surface area contributed by atoms with Gasteiger partial charge in [-0.15, -0.1) is 0 Å². The van der Waals surface area contributed by atoms with Gasteiger partial charge >= 0.3 is 0 Å². The van der Waals surface area contributed by atoms with Gasteiger partial charge in [0.05, 0.1) is 0 Å². The fraction of sp³-hybridized carbons (Fsp3) is 0.500. The fourth-order valence-electron chi connectivity index (χ4n) is 0.899. The topological polar surface area (TPSA) is 62.5 Å². The molecule has 0 spiro atoms. The lowest BCUT2D eigenvalue weighted by molar-refractivity contribution is 0.0884. The average molecular weight is 232 g/mol. The Morgan fingerprint density at radius 3 is 2.73 bits per heavy atom. The Hall–Kier alpha value is -1.00. The van der Waals surface area contributed by atoms with E-state index in [-0.39, 0.29) is 28.9 Å². The molecule has 0 saturated heterocycles. The molecule has 4 nitrogen and oxygen atoms in total. The number of nitrogens with one attached hydrogen (secondary N) is 1. The number of furan rings is 1. The molecule has 0 radical (unpaired) electrons. The molecule has 1 aromatic heterocycles. The average Bonchev–Trinajstić information content (AvgIpc) is 2.61. The standard InChI is InChI=1S/C10H14ClNO3/c1-10(2,6-13)5-12-9(14)7-3-4-8(11)15-7/h3-4,13H,5-6H2,1-2H3,(H,12,14). The van der Waals surface area contributed by atoms with E-state index in [9.17, 15) is 4.79 Å². The maximum absolute atomic E-state index is 11.5. The first-order valence-electron chi connectivity index (χ1n) is 4.59. The normalized spacial score (nSPS) is 11.5. The van der Waals surface area contributed by atoms with Gasteiger partial charge in [-0.05, 0) is 23.7 Å². The van der Waals surface area contributed by atoms with Gasteiger partial charge in [0.1, 0.15) is 0 Å². The largest absolute Gasteiger partial charge is 0.440 e. The zero-order chi connectivity index (χ0) is 11.5. The maximum atomic E-state index is 11.5. The van der Waals surface area contributed by atoms with E-state index in [1.165, 1.54) is 12.1 Å². The molecule has 0 atom stereocenters. The van der Waals surface area contributed by atoms with Crippen molar-refractivity contribution in [3.8, 4) is 0 Å². The van der Waals surface area contributed by atoms with E-state index in [1.807, 2.05) is 13.8 Å². The maximum Gasteiger partial charge on any atom is 0.287 e. The van der Waals surface area contributed by atoms with Gasteiger partial charge in [-0.3, -0.25) is 4.79 Å². The van der Waals surface area contributed by atoms with Crippen molar-refractivity contribution in [1.82, 2.24) is 5.32 Å². The number of aliphatic hydroxyl groups is 1. The van der Waals surface area contributed by atoms with Crippen LogP contribution in [0, 0.1) is 5.41 Å². The first kappa shape index (κ1) is 12.1. The molecule has 1 amide bonds. The Bertz CT molecular complexity index is 346. The minimum Gasteiger partial charge on any atom is -0.440 e. The number of carbonyl (C=O) groups excluding carboxylic acids is 1. The minimum atomic E-state index is -0.341. The number of amides is 1. The van der Waals surface area contributed by atoms with E-state index in [4.69, 9.17) is 21.1 Å². The Morgan fingerprint density at radius 2 is 2.27 bits per heavy atom. The molecular formula is C10H14ClNO3. The van der Waals surface area contributed by atoms with Crippen LogP contribution in [-0.4, -0.2) is 24.2 Å². The van der Waals surface area contributed by atoms with E-state index in [0.717, 1.165) is 0 Å². The van der Waals surface area contributed by atoms with Crippen LogP contribution in [0.25, 0.3) is 0 Å². The van der Waals surface area contributed by atoms with Gasteiger partial charge in [0.15, 0.2) is 11.0 Å². The van der Waals surface area contributed by atoms with Crippen molar-refractivity contribution in [2.24, 2.45) is 5.41 Å². The Balaban J connectivity index is 2.50. The summed E-state index contributed by atoms with van der Waals surface area (Å²) < 4.78 is 4.94. The molecule has 84 valence electrons. The van der Waals surface area contributed by atoms with Crippen LogP contribution in [-0.2, 0) is 0 Å². The summed E-state index contributed by atoms with van der Waals surface area (Å²) in [6.45, 7) is 4.08. The molecule has 0 aliphatic rings. The van der Waals surface area contributed by atoms with Gasteiger partial charge in [-0.2, -0.15) is 0 Å². The fourth-order valence-corrected chi connectivity index (χ4v) is 1.05. The van der Waals surface area contributed by atoms with Gasteiger partial charge in [-0.1, -0.05) is 13.8 Å². The number of halogens is 1. The van der Waals surface area contributed by atoms with Crippen LogP contribution >= 0.6 is 11.6 Å². The molecule has 15 heavy (non-hydrogen) atoms.